The van der Waals surface area contributed by atoms with Crippen molar-refractivity contribution in [2.24, 2.45) is 0 Å². The Labute approximate surface area is 365 Å². The molecule has 0 saturated carbocycles. The smallest absolute Gasteiger partial charge is 0.238 e. The van der Waals surface area contributed by atoms with Gasteiger partial charge >= 0.3 is 0 Å². The molecule has 0 saturated heterocycles. The third-order valence-electron chi connectivity index (χ3n) is 12.5. The summed E-state index contributed by atoms with van der Waals surface area (Å²) < 4.78 is 25.2. The predicted octanol–water partition coefficient (Wildman–Crippen LogP) is 14.8. The van der Waals surface area contributed by atoms with Crippen LogP contribution in [-0.4, -0.2) is 24.1 Å². The fourth-order valence-corrected chi connectivity index (χ4v) is 9.51. The Balaban J connectivity index is 1.14. The van der Waals surface area contributed by atoms with Gasteiger partial charge in [-0.15, -0.1) is 0 Å². The standard InChI is InChI=1S/C57H34FN5O/c58-40-29-27-36(28-30-40)35-23-25-37(26-24-35)47-33-41(34-48-44-19-9-12-22-51(44)64-54(47)48)62-49-20-10-7-17-42(49)45-31-32-46-43-18-8-11-21-50(43)63(53(46)52(45)62)57-60-55(38-13-3-1-4-14-38)59-56(61-57)39-15-5-2-6-16-39/h1-34H. The van der Waals surface area contributed by atoms with Crippen LogP contribution in [0.4, 0.5) is 4.39 Å². The number of hydrogen-bond donors (Lipinski definition) is 0. The summed E-state index contributed by atoms with van der Waals surface area (Å²) in [6, 6.07) is 69.6. The highest BCUT2D eigenvalue weighted by Crippen LogP contribution is 2.44. The molecule has 4 heterocycles. The molecule has 4 aromatic heterocycles. The highest BCUT2D eigenvalue weighted by Gasteiger charge is 2.25. The fourth-order valence-electron chi connectivity index (χ4n) is 9.51. The number of nitrogens with zero attached hydrogens (tertiary/aromatic N) is 5. The summed E-state index contributed by atoms with van der Waals surface area (Å²) in [7, 11) is 0. The third kappa shape index (κ3) is 5.61. The summed E-state index contributed by atoms with van der Waals surface area (Å²) in [5, 5.41) is 6.47. The molecule has 0 radical (unpaired) electrons. The normalized spacial score (nSPS) is 11.8. The van der Waals surface area contributed by atoms with Crippen molar-refractivity contribution in [1.29, 1.82) is 0 Å². The largest absolute Gasteiger partial charge is 0.455 e. The van der Waals surface area contributed by atoms with Crippen LogP contribution in [0.5, 0.6) is 0 Å². The van der Waals surface area contributed by atoms with Gasteiger partial charge in [0.1, 0.15) is 17.0 Å². The van der Waals surface area contributed by atoms with Crippen LogP contribution in [0.25, 0.3) is 122 Å². The number of benzene rings is 9. The SMILES string of the molecule is Fc1ccc(-c2ccc(-c3cc(-n4c5ccccc5c5ccc6c7ccccc7n(-c7nc(-c8ccccc8)nc(-c8ccccc8)n7)c6c54)cc4c3oc3ccccc34)cc2)cc1. The summed E-state index contributed by atoms with van der Waals surface area (Å²) in [6.07, 6.45) is 0. The molecule has 300 valence electrons. The van der Waals surface area contributed by atoms with Gasteiger partial charge in [-0.25, -0.2) is 9.37 Å². The molecular formula is C57H34FN5O. The minimum absolute atomic E-state index is 0.255. The molecule has 0 spiro atoms. The van der Waals surface area contributed by atoms with Gasteiger partial charge in [-0.3, -0.25) is 4.57 Å². The fraction of sp³-hybridized carbons (Fsp3) is 0. The van der Waals surface area contributed by atoms with Gasteiger partial charge in [0.25, 0.3) is 0 Å². The van der Waals surface area contributed by atoms with E-state index >= 15 is 0 Å². The van der Waals surface area contributed by atoms with Gasteiger partial charge in [-0.2, -0.15) is 9.97 Å². The first-order chi connectivity index (χ1) is 31.6. The van der Waals surface area contributed by atoms with Crippen LogP contribution in [0.3, 0.4) is 0 Å². The average Bonchev–Trinajstić information content (AvgIpc) is 4.02. The van der Waals surface area contributed by atoms with Gasteiger partial charge in [0.15, 0.2) is 11.6 Å². The number of fused-ring (bicyclic) bond motifs is 10. The lowest BCUT2D eigenvalue weighted by atomic mass is 9.98. The molecule has 0 aliphatic heterocycles. The molecule has 64 heavy (non-hydrogen) atoms. The van der Waals surface area contributed by atoms with E-state index in [1.54, 1.807) is 0 Å². The van der Waals surface area contributed by atoms with Crippen molar-refractivity contribution in [2.75, 3.05) is 0 Å². The molecule has 13 aromatic rings. The van der Waals surface area contributed by atoms with Crippen molar-refractivity contribution in [3.8, 4) is 56.7 Å². The quantitative estimate of drug-likeness (QED) is 0.168. The molecule has 6 nitrogen and oxygen atoms in total. The first-order valence-electron chi connectivity index (χ1n) is 21.3. The van der Waals surface area contributed by atoms with Crippen LogP contribution in [0.15, 0.2) is 211 Å². The van der Waals surface area contributed by atoms with Crippen molar-refractivity contribution in [3.63, 3.8) is 0 Å². The van der Waals surface area contributed by atoms with Gasteiger partial charge in [0.05, 0.1) is 22.1 Å². The van der Waals surface area contributed by atoms with E-state index in [2.05, 4.69) is 118 Å². The summed E-state index contributed by atoms with van der Waals surface area (Å²) in [6.45, 7) is 0. The second kappa shape index (κ2) is 14.2. The van der Waals surface area contributed by atoms with E-state index in [4.69, 9.17) is 19.4 Å². The van der Waals surface area contributed by atoms with Crippen molar-refractivity contribution in [1.82, 2.24) is 24.1 Å². The zero-order chi connectivity index (χ0) is 42.3. The number of hydrogen-bond acceptors (Lipinski definition) is 4. The van der Waals surface area contributed by atoms with E-state index in [0.29, 0.717) is 17.6 Å². The van der Waals surface area contributed by atoms with Crippen LogP contribution in [0.1, 0.15) is 0 Å². The van der Waals surface area contributed by atoms with Gasteiger partial charge in [-0.1, -0.05) is 164 Å². The molecule has 0 aliphatic carbocycles. The molecule has 0 aliphatic rings. The Morgan fingerprint density at radius 3 is 1.50 bits per heavy atom. The van der Waals surface area contributed by atoms with E-state index in [0.717, 1.165) is 105 Å². The van der Waals surface area contributed by atoms with E-state index in [1.807, 2.05) is 84.9 Å². The van der Waals surface area contributed by atoms with E-state index in [9.17, 15) is 4.39 Å². The van der Waals surface area contributed by atoms with Crippen molar-refractivity contribution < 1.29 is 8.81 Å². The van der Waals surface area contributed by atoms with Crippen LogP contribution < -0.4 is 0 Å². The highest BCUT2D eigenvalue weighted by atomic mass is 19.1. The molecule has 7 heteroatoms. The maximum absolute atomic E-state index is 13.9. The summed E-state index contributed by atoms with van der Waals surface area (Å²) in [4.78, 5) is 15.6. The minimum atomic E-state index is -0.255. The Bertz CT molecular complexity index is 3890. The Morgan fingerprint density at radius 1 is 0.375 bits per heavy atom. The van der Waals surface area contributed by atoms with Crippen LogP contribution in [0.2, 0.25) is 0 Å². The summed E-state index contributed by atoms with van der Waals surface area (Å²) in [5.41, 5.74) is 12.4. The molecule has 0 atom stereocenters. The molecule has 0 unspecified atom stereocenters. The lowest BCUT2D eigenvalue weighted by Crippen LogP contribution is -2.07. The van der Waals surface area contributed by atoms with Crippen molar-refractivity contribution in [3.05, 3.63) is 212 Å². The average molecular weight is 824 g/mol. The topological polar surface area (TPSA) is 61.7 Å². The minimum Gasteiger partial charge on any atom is -0.455 e. The van der Waals surface area contributed by atoms with E-state index in [-0.39, 0.29) is 5.82 Å². The second-order valence-corrected chi connectivity index (χ2v) is 16.1. The zero-order valence-corrected chi connectivity index (χ0v) is 34.2. The number of rotatable bonds is 6. The second-order valence-electron chi connectivity index (χ2n) is 16.1. The lowest BCUT2D eigenvalue weighted by Gasteiger charge is -2.14. The summed E-state index contributed by atoms with van der Waals surface area (Å²) in [5.74, 6) is 1.46. The van der Waals surface area contributed by atoms with Gasteiger partial charge in [0, 0.05) is 54.7 Å². The number of furan rings is 1. The molecule has 0 amide bonds. The zero-order valence-electron chi connectivity index (χ0n) is 34.2. The Kier molecular flexibility index (Phi) is 7.99. The van der Waals surface area contributed by atoms with E-state index < -0.39 is 0 Å². The molecule has 0 fully saturated rings. The van der Waals surface area contributed by atoms with Crippen LogP contribution in [-0.2, 0) is 0 Å². The molecule has 13 rings (SSSR count). The maximum Gasteiger partial charge on any atom is 0.238 e. The predicted molar refractivity (Wildman–Crippen MR) is 257 cm³/mol. The van der Waals surface area contributed by atoms with Crippen LogP contribution >= 0.6 is 0 Å². The van der Waals surface area contributed by atoms with Gasteiger partial charge in [-0.05, 0) is 59.2 Å². The lowest BCUT2D eigenvalue weighted by molar-refractivity contribution is 0.628. The number of para-hydroxylation sites is 3. The maximum atomic E-state index is 13.9. The molecular weight excluding hydrogens is 790 g/mol. The first kappa shape index (κ1) is 36.0. The number of halogens is 1. The van der Waals surface area contributed by atoms with Crippen molar-refractivity contribution >= 4 is 65.6 Å². The Hall–Kier alpha value is -8.68. The summed E-state index contributed by atoms with van der Waals surface area (Å²) >= 11 is 0. The molecule has 9 aromatic carbocycles. The first-order valence-corrected chi connectivity index (χ1v) is 21.3. The van der Waals surface area contributed by atoms with Gasteiger partial charge in [0.2, 0.25) is 5.95 Å². The van der Waals surface area contributed by atoms with E-state index in [1.165, 1.54) is 12.1 Å². The van der Waals surface area contributed by atoms with Gasteiger partial charge < -0.3 is 8.98 Å². The Morgan fingerprint density at radius 2 is 0.875 bits per heavy atom. The third-order valence-corrected chi connectivity index (χ3v) is 12.5. The van der Waals surface area contributed by atoms with Crippen LogP contribution in [0, 0.1) is 5.82 Å². The number of aromatic nitrogens is 5. The van der Waals surface area contributed by atoms with Crippen molar-refractivity contribution in [2.45, 2.75) is 0 Å². The molecule has 0 bridgehead atoms. The highest BCUT2D eigenvalue weighted by molar-refractivity contribution is 6.24. The monoisotopic (exact) mass is 823 g/mol. The molecule has 0 N–H and O–H groups in total.